The Hall–Kier alpha value is -2.44. The zero-order valence-corrected chi connectivity index (χ0v) is 15.8. The number of aromatic nitrogens is 3. The van der Waals surface area contributed by atoms with Gasteiger partial charge in [-0.3, -0.25) is 4.79 Å². The zero-order valence-electron chi connectivity index (χ0n) is 15.0. The van der Waals surface area contributed by atoms with E-state index in [0.29, 0.717) is 29.4 Å². The van der Waals surface area contributed by atoms with E-state index >= 15 is 0 Å². The predicted molar refractivity (Wildman–Crippen MR) is 101 cm³/mol. The largest absolute Gasteiger partial charge is 0.383 e. The standard InChI is InChI=1S/C19H21ClN4O2/c1-12-16(10-14-4-6-15(20)7-5-14)13(2)24-18(23-12)17(11-22-24)19(25)21-8-9-26-3/h4-7,11H,8-10H2,1-3H3,(H,21,25). The first-order valence-electron chi connectivity index (χ1n) is 8.36. The van der Waals surface area contributed by atoms with Gasteiger partial charge in [0, 0.05) is 36.5 Å². The monoisotopic (exact) mass is 372 g/mol. The van der Waals surface area contributed by atoms with Crippen molar-refractivity contribution in [1.29, 1.82) is 0 Å². The number of aryl methyl sites for hydroxylation is 2. The van der Waals surface area contributed by atoms with Gasteiger partial charge in [0.15, 0.2) is 5.65 Å². The van der Waals surface area contributed by atoms with Crippen molar-refractivity contribution in [2.45, 2.75) is 20.3 Å². The normalized spacial score (nSPS) is 11.1. The van der Waals surface area contributed by atoms with E-state index in [1.165, 1.54) is 0 Å². The minimum atomic E-state index is -0.200. The van der Waals surface area contributed by atoms with Crippen LogP contribution in [-0.4, -0.2) is 40.8 Å². The third-order valence-corrected chi connectivity index (χ3v) is 4.59. The summed E-state index contributed by atoms with van der Waals surface area (Å²) in [6.45, 7) is 4.85. The Bertz CT molecular complexity index is 935. The predicted octanol–water partition coefficient (Wildman–Crippen LogP) is 2.97. The first-order chi connectivity index (χ1) is 12.5. The maximum Gasteiger partial charge on any atom is 0.256 e. The van der Waals surface area contributed by atoms with Crippen LogP contribution < -0.4 is 5.32 Å². The maximum atomic E-state index is 12.4. The summed E-state index contributed by atoms with van der Waals surface area (Å²) in [6, 6.07) is 7.76. The van der Waals surface area contributed by atoms with Crippen molar-refractivity contribution >= 4 is 23.2 Å². The van der Waals surface area contributed by atoms with Gasteiger partial charge < -0.3 is 10.1 Å². The van der Waals surface area contributed by atoms with Gasteiger partial charge in [0.1, 0.15) is 5.56 Å². The number of methoxy groups -OCH3 is 1. The number of amides is 1. The number of benzene rings is 1. The molecular weight excluding hydrogens is 352 g/mol. The fraction of sp³-hybridized carbons (Fsp3) is 0.316. The summed E-state index contributed by atoms with van der Waals surface area (Å²) in [5, 5.41) is 7.89. The average Bonchev–Trinajstić information content (AvgIpc) is 3.04. The molecule has 6 nitrogen and oxygen atoms in total. The smallest absolute Gasteiger partial charge is 0.256 e. The molecule has 136 valence electrons. The molecule has 0 radical (unpaired) electrons. The lowest BCUT2D eigenvalue weighted by Gasteiger charge is -2.12. The Morgan fingerprint density at radius 3 is 2.69 bits per heavy atom. The summed E-state index contributed by atoms with van der Waals surface area (Å²) >= 11 is 5.96. The molecule has 3 aromatic rings. The Morgan fingerprint density at radius 2 is 2.00 bits per heavy atom. The molecule has 7 heteroatoms. The number of nitrogens with zero attached hydrogens (tertiary/aromatic N) is 3. The van der Waals surface area contributed by atoms with Gasteiger partial charge in [-0.1, -0.05) is 23.7 Å². The van der Waals surface area contributed by atoms with E-state index in [4.69, 9.17) is 16.3 Å². The van der Waals surface area contributed by atoms with Gasteiger partial charge in [0.25, 0.3) is 5.91 Å². The van der Waals surface area contributed by atoms with E-state index in [-0.39, 0.29) is 5.91 Å². The highest BCUT2D eigenvalue weighted by atomic mass is 35.5. The van der Waals surface area contributed by atoms with Gasteiger partial charge in [0.2, 0.25) is 0 Å². The van der Waals surface area contributed by atoms with Crippen molar-refractivity contribution < 1.29 is 9.53 Å². The van der Waals surface area contributed by atoms with Gasteiger partial charge in [-0.05, 0) is 37.1 Å². The molecular formula is C19H21ClN4O2. The van der Waals surface area contributed by atoms with E-state index < -0.39 is 0 Å². The summed E-state index contributed by atoms with van der Waals surface area (Å²) in [5.41, 5.74) is 5.12. The molecule has 0 fully saturated rings. The molecule has 3 rings (SSSR count). The molecule has 0 bridgehead atoms. The topological polar surface area (TPSA) is 68.5 Å². The second-order valence-electron chi connectivity index (χ2n) is 6.11. The van der Waals surface area contributed by atoms with Crippen molar-refractivity contribution in [3.05, 3.63) is 63.6 Å². The molecule has 2 aromatic heterocycles. The number of ether oxygens (including phenoxy) is 1. The van der Waals surface area contributed by atoms with E-state index in [0.717, 1.165) is 28.9 Å². The number of carbonyl (C=O) groups is 1. The Kier molecular flexibility index (Phi) is 5.54. The highest BCUT2D eigenvalue weighted by Gasteiger charge is 2.18. The molecule has 1 N–H and O–H groups in total. The zero-order chi connectivity index (χ0) is 18.7. The van der Waals surface area contributed by atoms with Crippen LogP contribution in [0.3, 0.4) is 0 Å². The number of halogens is 1. The Labute approximate surface area is 157 Å². The van der Waals surface area contributed by atoms with Gasteiger partial charge in [-0.2, -0.15) is 5.10 Å². The van der Waals surface area contributed by atoms with Crippen LogP contribution in [0.5, 0.6) is 0 Å². The lowest BCUT2D eigenvalue weighted by atomic mass is 10.0. The summed E-state index contributed by atoms with van der Waals surface area (Å²) in [4.78, 5) is 17.0. The summed E-state index contributed by atoms with van der Waals surface area (Å²) < 4.78 is 6.68. The Balaban J connectivity index is 1.93. The second-order valence-corrected chi connectivity index (χ2v) is 6.54. The lowest BCUT2D eigenvalue weighted by Crippen LogP contribution is -2.27. The van der Waals surface area contributed by atoms with Crippen molar-refractivity contribution in [2.75, 3.05) is 20.3 Å². The summed E-state index contributed by atoms with van der Waals surface area (Å²) in [7, 11) is 1.60. The molecule has 0 atom stereocenters. The SMILES string of the molecule is COCCNC(=O)c1cnn2c(C)c(Cc3ccc(Cl)cc3)c(C)nc12. The van der Waals surface area contributed by atoms with Crippen molar-refractivity contribution in [3.8, 4) is 0 Å². The van der Waals surface area contributed by atoms with Crippen LogP contribution in [0.4, 0.5) is 0 Å². The molecule has 0 aliphatic carbocycles. The summed E-state index contributed by atoms with van der Waals surface area (Å²) in [6.07, 6.45) is 2.29. The number of carbonyl (C=O) groups excluding carboxylic acids is 1. The van der Waals surface area contributed by atoms with Crippen molar-refractivity contribution in [2.24, 2.45) is 0 Å². The molecule has 0 aliphatic rings. The number of nitrogens with one attached hydrogen (secondary N) is 1. The summed E-state index contributed by atoms with van der Waals surface area (Å²) in [5.74, 6) is -0.200. The number of fused-ring (bicyclic) bond motifs is 1. The van der Waals surface area contributed by atoms with Gasteiger partial charge >= 0.3 is 0 Å². The fourth-order valence-electron chi connectivity index (χ4n) is 2.90. The number of rotatable bonds is 6. The van der Waals surface area contributed by atoms with E-state index in [1.54, 1.807) is 17.8 Å². The fourth-order valence-corrected chi connectivity index (χ4v) is 3.02. The molecule has 1 amide bonds. The molecule has 0 aliphatic heterocycles. The minimum absolute atomic E-state index is 0.200. The van der Waals surface area contributed by atoms with Crippen molar-refractivity contribution in [1.82, 2.24) is 19.9 Å². The highest BCUT2D eigenvalue weighted by Crippen LogP contribution is 2.21. The highest BCUT2D eigenvalue weighted by molar-refractivity contribution is 6.30. The third kappa shape index (κ3) is 3.71. The van der Waals surface area contributed by atoms with Crippen LogP contribution >= 0.6 is 11.6 Å². The first kappa shape index (κ1) is 18.4. The molecule has 0 saturated heterocycles. The minimum Gasteiger partial charge on any atom is -0.383 e. The van der Waals surface area contributed by atoms with Gasteiger partial charge in [0.05, 0.1) is 12.8 Å². The second kappa shape index (κ2) is 7.85. The molecule has 26 heavy (non-hydrogen) atoms. The number of hydrogen-bond acceptors (Lipinski definition) is 4. The van der Waals surface area contributed by atoms with E-state index in [9.17, 15) is 4.79 Å². The molecule has 1 aromatic carbocycles. The van der Waals surface area contributed by atoms with Crippen LogP contribution in [-0.2, 0) is 11.2 Å². The van der Waals surface area contributed by atoms with Gasteiger partial charge in [-0.25, -0.2) is 9.50 Å². The van der Waals surface area contributed by atoms with Crippen LogP contribution in [0.2, 0.25) is 5.02 Å². The Morgan fingerprint density at radius 1 is 1.27 bits per heavy atom. The first-order valence-corrected chi connectivity index (χ1v) is 8.74. The number of hydrogen-bond donors (Lipinski definition) is 1. The maximum absolute atomic E-state index is 12.4. The van der Waals surface area contributed by atoms with Crippen LogP contribution in [0.25, 0.3) is 5.65 Å². The molecule has 0 spiro atoms. The lowest BCUT2D eigenvalue weighted by molar-refractivity contribution is 0.0938. The van der Waals surface area contributed by atoms with E-state index in [1.807, 2.05) is 38.1 Å². The third-order valence-electron chi connectivity index (χ3n) is 4.34. The molecule has 0 unspecified atom stereocenters. The molecule has 2 heterocycles. The average molecular weight is 373 g/mol. The van der Waals surface area contributed by atoms with Crippen LogP contribution in [0.1, 0.15) is 32.9 Å². The molecule has 0 saturated carbocycles. The van der Waals surface area contributed by atoms with Crippen LogP contribution in [0.15, 0.2) is 30.5 Å². The van der Waals surface area contributed by atoms with E-state index in [2.05, 4.69) is 15.4 Å². The van der Waals surface area contributed by atoms with Gasteiger partial charge in [-0.15, -0.1) is 0 Å². The van der Waals surface area contributed by atoms with Crippen LogP contribution in [0, 0.1) is 13.8 Å². The quantitative estimate of drug-likeness (QED) is 0.675. The van der Waals surface area contributed by atoms with Crippen molar-refractivity contribution in [3.63, 3.8) is 0 Å².